The SMILES string of the molecule is CC(C)C(=N)NC(=O)Nc1ccccc1. The highest BCUT2D eigenvalue weighted by molar-refractivity contribution is 6.02. The Morgan fingerprint density at radius 1 is 1.27 bits per heavy atom. The standard InChI is InChI=1S/C11H15N3O/c1-8(2)10(12)14-11(15)13-9-6-4-3-5-7-9/h3-8H,1-2H3,(H3,12,13,14,15). The molecule has 0 radical (unpaired) electrons. The molecule has 4 heteroatoms. The molecular weight excluding hydrogens is 190 g/mol. The van der Waals surface area contributed by atoms with E-state index in [1.54, 1.807) is 12.1 Å². The molecule has 0 atom stereocenters. The fourth-order valence-electron chi connectivity index (χ4n) is 0.950. The Balaban J connectivity index is 2.47. The number of carbonyl (C=O) groups is 1. The van der Waals surface area contributed by atoms with Gasteiger partial charge in [0.05, 0.1) is 0 Å². The van der Waals surface area contributed by atoms with Crippen LogP contribution in [0.1, 0.15) is 13.8 Å². The highest BCUT2D eigenvalue weighted by Gasteiger charge is 2.07. The second kappa shape index (κ2) is 5.14. The van der Waals surface area contributed by atoms with Crippen LogP contribution in [0.25, 0.3) is 0 Å². The van der Waals surface area contributed by atoms with E-state index in [9.17, 15) is 4.79 Å². The number of amides is 2. The van der Waals surface area contributed by atoms with Crippen LogP contribution in [0, 0.1) is 11.3 Å². The van der Waals surface area contributed by atoms with Crippen LogP contribution in [0.2, 0.25) is 0 Å². The zero-order valence-corrected chi connectivity index (χ0v) is 8.87. The van der Waals surface area contributed by atoms with Crippen molar-refractivity contribution in [3.8, 4) is 0 Å². The van der Waals surface area contributed by atoms with E-state index in [1.807, 2.05) is 32.0 Å². The number of benzene rings is 1. The van der Waals surface area contributed by atoms with Gasteiger partial charge in [0.2, 0.25) is 0 Å². The Hall–Kier alpha value is -1.84. The van der Waals surface area contributed by atoms with Crippen molar-refractivity contribution in [2.75, 3.05) is 5.32 Å². The van der Waals surface area contributed by atoms with Gasteiger partial charge in [-0.3, -0.25) is 10.7 Å². The topological polar surface area (TPSA) is 65.0 Å². The van der Waals surface area contributed by atoms with Gasteiger partial charge in [0.15, 0.2) is 0 Å². The summed E-state index contributed by atoms with van der Waals surface area (Å²) >= 11 is 0. The maximum absolute atomic E-state index is 11.4. The molecule has 0 heterocycles. The third kappa shape index (κ3) is 3.81. The number of urea groups is 1. The number of carbonyl (C=O) groups excluding carboxylic acids is 1. The van der Waals surface area contributed by atoms with Crippen molar-refractivity contribution < 1.29 is 4.79 Å². The largest absolute Gasteiger partial charge is 0.324 e. The van der Waals surface area contributed by atoms with E-state index in [0.717, 1.165) is 0 Å². The first-order valence-corrected chi connectivity index (χ1v) is 4.81. The van der Waals surface area contributed by atoms with Crippen LogP contribution in [-0.4, -0.2) is 11.9 Å². The number of anilines is 1. The van der Waals surface area contributed by atoms with Gasteiger partial charge < -0.3 is 5.32 Å². The Morgan fingerprint density at radius 3 is 2.40 bits per heavy atom. The lowest BCUT2D eigenvalue weighted by atomic mass is 10.2. The van der Waals surface area contributed by atoms with Crippen molar-refractivity contribution in [3.63, 3.8) is 0 Å². The van der Waals surface area contributed by atoms with E-state index < -0.39 is 0 Å². The lowest BCUT2D eigenvalue weighted by molar-refractivity contribution is 0.255. The van der Waals surface area contributed by atoms with Crippen molar-refractivity contribution in [1.82, 2.24) is 5.32 Å². The maximum atomic E-state index is 11.4. The number of nitrogens with one attached hydrogen (secondary N) is 3. The van der Waals surface area contributed by atoms with Crippen LogP contribution < -0.4 is 10.6 Å². The molecular formula is C11H15N3O. The summed E-state index contributed by atoms with van der Waals surface area (Å²) in [6.07, 6.45) is 0. The van der Waals surface area contributed by atoms with Gasteiger partial charge in [-0.2, -0.15) is 0 Å². The molecule has 0 saturated carbocycles. The van der Waals surface area contributed by atoms with Crippen molar-refractivity contribution >= 4 is 17.6 Å². The van der Waals surface area contributed by atoms with Crippen LogP contribution in [0.4, 0.5) is 10.5 Å². The van der Waals surface area contributed by atoms with Gasteiger partial charge >= 0.3 is 6.03 Å². The molecule has 0 aromatic heterocycles. The van der Waals surface area contributed by atoms with E-state index in [4.69, 9.17) is 5.41 Å². The molecule has 0 unspecified atom stereocenters. The number of para-hydroxylation sites is 1. The minimum absolute atomic E-state index is 0.0199. The minimum Gasteiger partial charge on any atom is -0.308 e. The zero-order valence-electron chi connectivity index (χ0n) is 8.87. The summed E-state index contributed by atoms with van der Waals surface area (Å²) in [7, 11) is 0. The smallest absolute Gasteiger partial charge is 0.308 e. The lowest BCUT2D eigenvalue weighted by Crippen LogP contribution is -2.36. The first-order chi connectivity index (χ1) is 7.09. The van der Waals surface area contributed by atoms with Crippen LogP contribution >= 0.6 is 0 Å². The van der Waals surface area contributed by atoms with E-state index in [2.05, 4.69) is 10.6 Å². The first-order valence-electron chi connectivity index (χ1n) is 4.81. The summed E-state index contributed by atoms with van der Waals surface area (Å²) in [6.45, 7) is 3.70. The molecule has 2 amide bonds. The van der Waals surface area contributed by atoms with Gasteiger partial charge in [0.25, 0.3) is 0 Å². The number of amidine groups is 1. The second-order valence-corrected chi connectivity index (χ2v) is 3.51. The van der Waals surface area contributed by atoms with E-state index in [1.165, 1.54) is 0 Å². The highest BCUT2D eigenvalue weighted by atomic mass is 16.2. The van der Waals surface area contributed by atoms with E-state index in [0.29, 0.717) is 5.69 Å². The van der Waals surface area contributed by atoms with Gasteiger partial charge in [-0.15, -0.1) is 0 Å². The maximum Gasteiger partial charge on any atom is 0.324 e. The fraction of sp³-hybridized carbons (Fsp3) is 0.273. The molecule has 0 aliphatic rings. The zero-order chi connectivity index (χ0) is 11.3. The second-order valence-electron chi connectivity index (χ2n) is 3.51. The van der Waals surface area contributed by atoms with E-state index >= 15 is 0 Å². The summed E-state index contributed by atoms with van der Waals surface area (Å²) in [5, 5.41) is 12.6. The predicted octanol–water partition coefficient (Wildman–Crippen LogP) is 2.44. The molecule has 1 rings (SSSR count). The Bertz CT molecular complexity index is 346. The van der Waals surface area contributed by atoms with Crippen LogP contribution in [0.3, 0.4) is 0 Å². The molecule has 3 N–H and O–H groups in total. The van der Waals surface area contributed by atoms with Gasteiger partial charge in [-0.05, 0) is 12.1 Å². The summed E-state index contributed by atoms with van der Waals surface area (Å²) in [4.78, 5) is 11.4. The Labute approximate surface area is 89.2 Å². The normalized spacial score (nSPS) is 9.80. The summed E-state index contributed by atoms with van der Waals surface area (Å²) in [5.74, 6) is 0.231. The summed E-state index contributed by atoms with van der Waals surface area (Å²) < 4.78 is 0. The van der Waals surface area contributed by atoms with Crippen LogP contribution in [0.5, 0.6) is 0 Å². The molecule has 1 aromatic rings. The van der Waals surface area contributed by atoms with Crippen molar-refractivity contribution in [2.45, 2.75) is 13.8 Å². The van der Waals surface area contributed by atoms with Gasteiger partial charge in [0, 0.05) is 11.6 Å². The third-order valence-electron chi connectivity index (χ3n) is 1.86. The molecule has 0 bridgehead atoms. The monoisotopic (exact) mass is 205 g/mol. The average Bonchev–Trinajstić information content (AvgIpc) is 2.18. The van der Waals surface area contributed by atoms with E-state index in [-0.39, 0.29) is 17.8 Å². The average molecular weight is 205 g/mol. The lowest BCUT2D eigenvalue weighted by Gasteiger charge is -2.10. The number of hydrogen-bond donors (Lipinski definition) is 3. The van der Waals surface area contributed by atoms with Gasteiger partial charge in [-0.25, -0.2) is 4.79 Å². The first kappa shape index (κ1) is 11.2. The Kier molecular flexibility index (Phi) is 3.85. The number of hydrogen-bond acceptors (Lipinski definition) is 2. The molecule has 0 aliphatic heterocycles. The van der Waals surface area contributed by atoms with Crippen molar-refractivity contribution in [2.24, 2.45) is 5.92 Å². The molecule has 0 aliphatic carbocycles. The Morgan fingerprint density at radius 2 is 1.87 bits per heavy atom. The molecule has 15 heavy (non-hydrogen) atoms. The van der Waals surface area contributed by atoms with Crippen molar-refractivity contribution in [1.29, 1.82) is 5.41 Å². The minimum atomic E-state index is -0.375. The summed E-state index contributed by atoms with van der Waals surface area (Å²) in [5.41, 5.74) is 0.714. The quantitative estimate of drug-likeness (QED) is 0.504. The van der Waals surface area contributed by atoms with Gasteiger partial charge in [0.1, 0.15) is 5.84 Å². The number of rotatable bonds is 2. The molecule has 4 nitrogen and oxygen atoms in total. The highest BCUT2D eigenvalue weighted by Crippen LogP contribution is 2.04. The predicted molar refractivity (Wildman–Crippen MR) is 61.2 cm³/mol. The molecule has 80 valence electrons. The third-order valence-corrected chi connectivity index (χ3v) is 1.86. The molecule has 0 fully saturated rings. The van der Waals surface area contributed by atoms with Crippen LogP contribution in [0.15, 0.2) is 30.3 Å². The summed E-state index contributed by atoms with van der Waals surface area (Å²) in [6, 6.07) is 8.75. The molecule has 0 saturated heterocycles. The van der Waals surface area contributed by atoms with Crippen LogP contribution in [-0.2, 0) is 0 Å². The van der Waals surface area contributed by atoms with Gasteiger partial charge in [-0.1, -0.05) is 32.0 Å². The van der Waals surface area contributed by atoms with Crippen molar-refractivity contribution in [3.05, 3.63) is 30.3 Å². The molecule has 0 spiro atoms. The fourth-order valence-corrected chi connectivity index (χ4v) is 0.950. The molecule has 1 aromatic carbocycles.